The maximum Gasteiger partial charge on any atom is 0.353 e. The molecule has 0 spiro atoms. The number of oxime groups is 1. The molecule has 1 aliphatic heterocycles. The number of amides is 1. The molecule has 10 heteroatoms. The number of hydroxylamine groups is 1. The summed E-state index contributed by atoms with van der Waals surface area (Å²) in [5.41, 5.74) is 0.741. The first-order chi connectivity index (χ1) is 13.1. The number of aromatic nitrogens is 1. The number of nitrogens with zero attached hydrogens (tertiary/aromatic N) is 2. The normalized spacial score (nSPS) is 21.2. The molecule has 1 atom stereocenters. The Balaban J connectivity index is 1.78. The molecule has 1 amide bonds. The number of ketones is 1. The van der Waals surface area contributed by atoms with Gasteiger partial charge in [-0.05, 0) is 27.7 Å². The van der Waals surface area contributed by atoms with Crippen molar-refractivity contribution in [3.63, 3.8) is 0 Å². The smallest absolute Gasteiger partial charge is 0.353 e. The van der Waals surface area contributed by atoms with Crippen LogP contribution >= 0.6 is 11.3 Å². The fourth-order valence-electron chi connectivity index (χ4n) is 2.51. The maximum atomic E-state index is 12.8. The topological polar surface area (TPSA) is 116 Å². The summed E-state index contributed by atoms with van der Waals surface area (Å²) in [7, 11) is 0. The van der Waals surface area contributed by atoms with Crippen LogP contribution in [0.5, 0.6) is 0 Å². The first-order valence-corrected chi connectivity index (χ1v) is 9.84. The zero-order valence-corrected chi connectivity index (χ0v) is 17.1. The molecule has 1 saturated carbocycles. The minimum atomic E-state index is -1.17. The lowest BCUT2D eigenvalue weighted by atomic mass is 10.00. The van der Waals surface area contributed by atoms with Gasteiger partial charge in [-0.15, -0.1) is 11.3 Å². The zero-order chi connectivity index (χ0) is 20.5. The van der Waals surface area contributed by atoms with Crippen LogP contribution in [0.4, 0.5) is 0 Å². The van der Waals surface area contributed by atoms with E-state index in [0.717, 1.165) is 5.01 Å². The summed E-state index contributed by atoms with van der Waals surface area (Å²) < 4.78 is 5.39. The lowest BCUT2D eigenvalue weighted by Crippen LogP contribution is -2.34. The summed E-state index contributed by atoms with van der Waals surface area (Å²) in [6.45, 7) is 7.22. The third-order valence-corrected chi connectivity index (χ3v) is 4.95. The average Bonchev–Trinajstić information content (AvgIpc) is 3.11. The van der Waals surface area contributed by atoms with Crippen molar-refractivity contribution in [3.05, 3.63) is 16.1 Å². The minimum Gasteiger partial charge on any atom is -0.457 e. The number of nitrogens with one attached hydrogen (secondary N) is 1. The van der Waals surface area contributed by atoms with Crippen LogP contribution in [0.25, 0.3) is 0 Å². The Kier molecular flexibility index (Phi) is 5.53. The Morgan fingerprint density at radius 2 is 2.14 bits per heavy atom. The monoisotopic (exact) mass is 409 g/mol. The molecule has 1 aromatic rings. The quantitative estimate of drug-likeness (QED) is 0.414. The molecule has 152 valence electrons. The van der Waals surface area contributed by atoms with Crippen molar-refractivity contribution in [3.8, 4) is 0 Å². The maximum absolute atomic E-state index is 12.8. The second-order valence-electron chi connectivity index (χ2n) is 7.88. The molecular formula is C18H23N3O6S. The van der Waals surface area contributed by atoms with Crippen molar-refractivity contribution in [2.75, 3.05) is 6.61 Å². The number of ether oxygens (including phenoxy) is 1. The van der Waals surface area contributed by atoms with Gasteiger partial charge in [0.2, 0.25) is 11.5 Å². The fourth-order valence-corrected chi connectivity index (χ4v) is 3.11. The lowest BCUT2D eigenvalue weighted by Gasteiger charge is -2.22. The van der Waals surface area contributed by atoms with Gasteiger partial charge in [0.05, 0.1) is 17.5 Å². The van der Waals surface area contributed by atoms with E-state index in [2.05, 4.69) is 15.6 Å². The Labute approximate surface area is 166 Å². The highest BCUT2D eigenvalue weighted by molar-refractivity contribution is 7.09. The van der Waals surface area contributed by atoms with Gasteiger partial charge >= 0.3 is 5.97 Å². The van der Waals surface area contributed by atoms with E-state index in [9.17, 15) is 14.4 Å². The summed E-state index contributed by atoms with van der Waals surface area (Å²) in [4.78, 5) is 51.5. The van der Waals surface area contributed by atoms with Crippen molar-refractivity contribution in [1.29, 1.82) is 0 Å². The third kappa shape index (κ3) is 4.74. The van der Waals surface area contributed by atoms with Crippen LogP contribution in [0.2, 0.25) is 0 Å². The van der Waals surface area contributed by atoms with Gasteiger partial charge in [-0.3, -0.25) is 14.4 Å². The highest BCUT2D eigenvalue weighted by Gasteiger charge is 2.56. The number of carbonyl (C=O) groups is 3. The Hall–Kier alpha value is -2.33. The summed E-state index contributed by atoms with van der Waals surface area (Å²) in [6.07, 6.45) is 0.827. The molecule has 3 rings (SSSR count). The molecular weight excluding hydrogens is 386 g/mol. The molecule has 2 fully saturated rings. The van der Waals surface area contributed by atoms with E-state index >= 15 is 0 Å². The lowest BCUT2D eigenvalue weighted by molar-refractivity contribution is -0.172. The predicted octanol–water partition coefficient (Wildman–Crippen LogP) is 1.68. The van der Waals surface area contributed by atoms with Crippen molar-refractivity contribution in [2.24, 2.45) is 11.1 Å². The number of aryl methyl sites for hydroxylation is 1. The molecule has 0 unspecified atom stereocenters. The predicted molar refractivity (Wildman–Crippen MR) is 99.5 cm³/mol. The first kappa shape index (κ1) is 20.4. The van der Waals surface area contributed by atoms with Gasteiger partial charge in [0.1, 0.15) is 11.3 Å². The second-order valence-corrected chi connectivity index (χ2v) is 8.94. The summed E-state index contributed by atoms with van der Waals surface area (Å²) in [5.74, 6) is -1.86. The van der Waals surface area contributed by atoms with Gasteiger partial charge in [-0.2, -0.15) is 0 Å². The number of hydrogen-bond donors (Lipinski definition) is 1. The minimum absolute atomic E-state index is 0.0149. The first-order valence-electron chi connectivity index (χ1n) is 8.97. The Morgan fingerprint density at radius 1 is 1.43 bits per heavy atom. The van der Waals surface area contributed by atoms with E-state index in [4.69, 9.17) is 14.4 Å². The summed E-state index contributed by atoms with van der Waals surface area (Å²) in [6, 6.07) is 0. The molecule has 1 saturated heterocycles. The molecule has 0 radical (unpaired) electrons. The fraction of sp³-hybridized carbons (Fsp3) is 0.611. The molecule has 0 bridgehead atoms. The number of Topliss-reactive ketones (excluding diaryl/α,β-unsaturated/α-hetero) is 1. The van der Waals surface area contributed by atoms with Gasteiger partial charge in [0.25, 0.3) is 0 Å². The SMILES string of the molecule is Cc1nc(/C(=N/OC2(C(=O)OC(C)(C)C)CC2)C(=O)C[C@H]2CONC2=O)cs1. The third-order valence-electron chi connectivity index (χ3n) is 4.17. The van der Waals surface area contributed by atoms with Gasteiger partial charge in [-0.25, -0.2) is 15.3 Å². The number of hydrogen-bond acceptors (Lipinski definition) is 9. The highest BCUT2D eigenvalue weighted by atomic mass is 32.1. The number of carbonyl (C=O) groups excluding carboxylic acids is 3. The largest absolute Gasteiger partial charge is 0.457 e. The number of rotatable bonds is 7. The molecule has 2 heterocycles. The van der Waals surface area contributed by atoms with Crippen LogP contribution in [0.1, 0.15) is 50.7 Å². The van der Waals surface area contributed by atoms with Gasteiger partial charge in [0.15, 0.2) is 11.5 Å². The van der Waals surface area contributed by atoms with Crippen LogP contribution in [0.3, 0.4) is 0 Å². The van der Waals surface area contributed by atoms with Gasteiger partial charge in [-0.1, -0.05) is 5.16 Å². The van der Waals surface area contributed by atoms with Crippen LogP contribution < -0.4 is 5.48 Å². The highest BCUT2D eigenvalue weighted by Crippen LogP contribution is 2.42. The van der Waals surface area contributed by atoms with Crippen molar-refractivity contribution in [2.45, 2.75) is 58.2 Å². The van der Waals surface area contributed by atoms with Crippen LogP contribution in [-0.4, -0.2) is 46.2 Å². The standard InChI is InChI=1S/C18H23N3O6S/c1-10-19-12(9-28-10)14(13(22)7-11-8-25-21-15(11)23)20-27-18(5-6-18)16(24)26-17(2,3)4/h9,11H,5-8H2,1-4H3,(H,21,23)/b20-14-/t11-/m0/s1. The van der Waals surface area contributed by atoms with E-state index < -0.39 is 28.9 Å². The molecule has 0 aromatic carbocycles. The van der Waals surface area contributed by atoms with E-state index in [0.29, 0.717) is 18.5 Å². The van der Waals surface area contributed by atoms with E-state index in [-0.39, 0.29) is 24.6 Å². The number of esters is 1. The van der Waals surface area contributed by atoms with Crippen molar-refractivity contribution in [1.82, 2.24) is 10.5 Å². The number of thiazole rings is 1. The molecule has 28 heavy (non-hydrogen) atoms. The van der Waals surface area contributed by atoms with Crippen LogP contribution in [0, 0.1) is 12.8 Å². The zero-order valence-electron chi connectivity index (χ0n) is 16.2. The molecule has 1 N–H and O–H groups in total. The van der Waals surface area contributed by atoms with Crippen LogP contribution in [-0.2, 0) is 28.8 Å². The van der Waals surface area contributed by atoms with E-state index in [1.54, 1.807) is 33.1 Å². The van der Waals surface area contributed by atoms with E-state index in [1.807, 2.05) is 0 Å². The van der Waals surface area contributed by atoms with Gasteiger partial charge < -0.3 is 9.57 Å². The van der Waals surface area contributed by atoms with Crippen molar-refractivity contribution < 1.29 is 28.8 Å². The van der Waals surface area contributed by atoms with Crippen LogP contribution in [0.15, 0.2) is 10.5 Å². The molecule has 1 aromatic heterocycles. The average molecular weight is 409 g/mol. The Bertz CT molecular complexity index is 822. The van der Waals surface area contributed by atoms with Crippen molar-refractivity contribution >= 4 is 34.7 Å². The Morgan fingerprint density at radius 3 is 2.64 bits per heavy atom. The van der Waals surface area contributed by atoms with Gasteiger partial charge in [0, 0.05) is 24.6 Å². The molecule has 1 aliphatic carbocycles. The van der Waals surface area contributed by atoms with E-state index in [1.165, 1.54) is 11.3 Å². The summed E-state index contributed by atoms with van der Waals surface area (Å²) >= 11 is 1.36. The molecule has 2 aliphatic rings. The molecule has 9 nitrogen and oxygen atoms in total. The summed E-state index contributed by atoms with van der Waals surface area (Å²) in [5, 5.41) is 6.44. The second kappa shape index (κ2) is 7.59.